The molecular formula is C16H21N3O. The summed E-state index contributed by atoms with van der Waals surface area (Å²) in [6, 6.07) is 8.26. The Morgan fingerprint density at radius 1 is 1.20 bits per heavy atom. The van der Waals surface area contributed by atoms with Crippen LogP contribution in [0.1, 0.15) is 17.3 Å². The van der Waals surface area contributed by atoms with Crippen molar-refractivity contribution in [3.05, 3.63) is 36.0 Å². The third-order valence-electron chi connectivity index (χ3n) is 4.25. The van der Waals surface area contributed by atoms with E-state index in [-0.39, 0.29) is 11.9 Å². The highest BCUT2D eigenvalue weighted by Crippen LogP contribution is 2.22. The van der Waals surface area contributed by atoms with Gasteiger partial charge in [-0.15, -0.1) is 0 Å². The Balaban J connectivity index is 1.96. The van der Waals surface area contributed by atoms with Gasteiger partial charge in [-0.25, -0.2) is 0 Å². The number of nitrogens with zero attached hydrogens (tertiary/aromatic N) is 3. The molecule has 3 rings (SSSR count). The molecule has 1 aromatic carbocycles. The van der Waals surface area contributed by atoms with E-state index in [1.54, 1.807) is 0 Å². The molecule has 2 heterocycles. The standard InChI is InChI=1S/C16H21N3O/c1-12-11-17(2)9-10-19(12)16(20)14-5-4-6-15-13(14)7-8-18(15)3/h4-8,12H,9-11H2,1-3H3. The number of carbonyl (C=O) groups is 1. The first-order valence-corrected chi connectivity index (χ1v) is 7.11. The van der Waals surface area contributed by atoms with E-state index in [4.69, 9.17) is 0 Å². The maximum atomic E-state index is 12.8. The number of hydrogen-bond donors (Lipinski definition) is 0. The van der Waals surface area contributed by atoms with E-state index in [0.717, 1.165) is 36.1 Å². The van der Waals surface area contributed by atoms with Crippen molar-refractivity contribution in [2.45, 2.75) is 13.0 Å². The number of piperazine rings is 1. The van der Waals surface area contributed by atoms with E-state index >= 15 is 0 Å². The molecule has 2 aromatic rings. The van der Waals surface area contributed by atoms with Crippen LogP contribution in [0.5, 0.6) is 0 Å². The predicted molar refractivity (Wildman–Crippen MR) is 80.9 cm³/mol. The van der Waals surface area contributed by atoms with Gasteiger partial charge in [0.2, 0.25) is 0 Å². The first-order valence-electron chi connectivity index (χ1n) is 7.11. The molecule has 0 saturated carbocycles. The Morgan fingerprint density at radius 2 is 2.00 bits per heavy atom. The largest absolute Gasteiger partial charge is 0.351 e. The zero-order chi connectivity index (χ0) is 14.3. The predicted octanol–water partition coefficient (Wildman–Crippen LogP) is 1.95. The van der Waals surface area contributed by atoms with Crippen molar-refractivity contribution in [3.8, 4) is 0 Å². The molecule has 0 N–H and O–H groups in total. The molecule has 1 aliphatic heterocycles. The van der Waals surface area contributed by atoms with Crippen molar-refractivity contribution in [1.82, 2.24) is 14.4 Å². The van der Waals surface area contributed by atoms with E-state index in [1.165, 1.54) is 0 Å². The molecule has 1 atom stereocenters. The number of benzene rings is 1. The van der Waals surface area contributed by atoms with Crippen molar-refractivity contribution in [3.63, 3.8) is 0 Å². The first kappa shape index (κ1) is 13.2. The zero-order valence-electron chi connectivity index (χ0n) is 12.3. The summed E-state index contributed by atoms with van der Waals surface area (Å²) in [6.45, 7) is 4.82. The smallest absolute Gasteiger partial charge is 0.254 e. The van der Waals surface area contributed by atoms with Gasteiger partial charge < -0.3 is 14.4 Å². The van der Waals surface area contributed by atoms with Crippen LogP contribution in [-0.4, -0.2) is 53.0 Å². The third kappa shape index (κ3) is 2.10. The quantitative estimate of drug-likeness (QED) is 0.793. The van der Waals surface area contributed by atoms with E-state index < -0.39 is 0 Å². The Labute approximate surface area is 119 Å². The van der Waals surface area contributed by atoms with E-state index in [9.17, 15) is 4.79 Å². The maximum Gasteiger partial charge on any atom is 0.254 e. The lowest BCUT2D eigenvalue weighted by molar-refractivity contribution is 0.0535. The summed E-state index contributed by atoms with van der Waals surface area (Å²) in [5, 5.41) is 1.05. The molecule has 1 unspecified atom stereocenters. The Morgan fingerprint density at radius 3 is 2.75 bits per heavy atom. The second kappa shape index (κ2) is 4.94. The van der Waals surface area contributed by atoms with Crippen LogP contribution in [0.25, 0.3) is 10.9 Å². The van der Waals surface area contributed by atoms with Crippen LogP contribution in [-0.2, 0) is 7.05 Å². The number of aromatic nitrogens is 1. The molecule has 1 aliphatic rings. The van der Waals surface area contributed by atoms with Crippen LogP contribution in [0, 0.1) is 0 Å². The highest BCUT2D eigenvalue weighted by Gasteiger charge is 2.27. The highest BCUT2D eigenvalue weighted by molar-refractivity contribution is 6.06. The maximum absolute atomic E-state index is 12.8. The van der Waals surface area contributed by atoms with Gasteiger partial charge in [0.25, 0.3) is 5.91 Å². The minimum absolute atomic E-state index is 0.155. The molecule has 4 nitrogen and oxygen atoms in total. The molecular weight excluding hydrogens is 250 g/mol. The van der Waals surface area contributed by atoms with Gasteiger partial charge in [0.05, 0.1) is 0 Å². The molecule has 0 aliphatic carbocycles. The summed E-state index contributed by atoms with van der Waals surface area (Å²) < 4.78 is 2.06. The van der Waals surface area contributed by atoms with Crippen LogP contribution in [0.3, 0.4) is 0 Å². The van der Waals surface area contributed by atoms with Crippen molar-refractivity contribution < 1.29 is 4.79 Å². The minimum Gasteiger partial charge on any atom is -0.351 e. The van der Waals surface area contributed by atoms with Gasteiger partial charge >= 0.3 is 0 Å². The van der Waals surface area contributed by atoms with Crippen LogP contribution in [0.4, 0.5) is 0 Å². The van der Waals surface area contributed by atoms with Gasteiger partial charge in [-0.05, 0) is 32.2 Å². The summed E-state index contributed by atoms with van der Waals surface area (Å²) in [5.74, 6) is 0.155. The number of amides is 1. The van der Waals surface area contributed by atoms with Crippen molar-refractivity contribution >= 4 is 16.8 Å². The van der Waals surface area contributed by atoms with Gasteiger partial charge in [-0.3, -0.25) is 4.79 Å². The Bertz CT molecular complexity index is 646. The van der Waals surface area contributed by atoms with Gasteiger partial charge in [0.15, 0.2) is 0 Å². The van der Waals surface area contributed by atoms with Gasteiger partial charge in [0.1, 0.15) is 0 Å². The average molecular weight is 271 g/mol. The molecule has 1 amide bonds. The van der Waals surface area contributed by atoms with Crippen LogP contribution in [0.2, 0.25) is 0 Å². The molecule has 0 bridgehead atoms. The number of hydrogen-bond acceptors (Lipinski definition) is 2. The van der Waals surface area contributed by atoms with Gasteiger partial charge in [0, 0.05) is 55.4 Å². The SMILES string of the molecule is CC1CN(C)CCN1C(=O)c1cccc2c1ccn2C. The summed E-state index contributed by atoms with van der Waals surface area (Å²) in [5.41, 5.74) is 1.93. The van der Waals surface area contributed by atoms with Crippen molar-refractivity contribution in [1.29, 1.82) is 0 Å². The average Bonchev–Trinajstić information content (AvgIpc) is 2.80. The minimum atomic E-state index is 0.155. The zero-order valence-corrected chi connectivity index (χ0v) is 12.3. The molecule has 0 spiro atoms. The van der Waals surface area contributed by atoms with E-state index in [0.29, 0.717) is 0 Å². The summed E-state index contributed by atoms with van der Waals surface area (Å²) in [6.07, 6.45) is 2.01. The Kier molecular flexibility index (Phi) is 3.26. The van der Waals surface area contributed by atoms with E-state index in [2.05, 4.69) is 29.5 Å². The van der Waals surface area contributed by atoms with Crippen molar-refractivity contribution in [2.24, 2.45) is 7.05 Å². The molecule has 4 heteroatoms. The first-order chi connectivity index (χ1) is 9.58. The second-order valence-electron chi connectivity index (χ2n) is 5.77. The number of rotatable bonds is 1. The molecule has 1 fully saturated rings. The number of carbonyl (C=O) groups excluding carboxylic acids is 1. The molecule has 0 radical (unpaired) electrons. The summed E-state index contributed by atoms with van der Waals surface area (Å²) in [4.78, 5) is 17.1. The number of likely N-dealkylation sites (N-methyl/N-ethyl adjacent to an activating group) is 1. The number of aryl methyl sites for hydroxylation is 1. The van der Waals surface area contributed by atoms with Gasteiger partial charge in [-0.1, -0.05) is 6.07 Å². The lowest BCUT2D eigenvalue weighted by atomic mass is 10.1. The molecule has 1 saturated heterocycles. The van der Waals surface area contributed by atoms with Crippen LogP contribution in [0.15, 0.2) is 30.5 Å². The Hall–Kier alpha value is -1.81. The van der Waals surface area contributed by atoms with Crippen LogP contribution >= 0.6 is 0 Å². The summed E-state index contributed by atoms with van der Waals surface area (Å²) >= 11 is 0. The lowest BCUT2D eigenvalue weighted by Crippen LogP contribution is -2.52. The van der Waals surface area contributed by atoms with E-state index in [1.807, 2.05) is 36.3 Å². The molecule has 20 heavy (non-hydrogen) atoms. The molecule has 1 aromatic heterocycles. The topological polar surface area (TPSA) is 28.5 Å². The monoisotopic (exact) mass is 271 g/mol. The van der Waals surface area contributed by atoms with Crippen LogP contribution < -0.4 is 0 Å². The summed E-state index contributed by atoms with van der Waals surface area (Å²) in [7, 11) is 4.12. The highest BCUT2D eigenvalue weighted by atomic mass is 16.2. The van der Waals surface area contributed by atoms with Gasteiger partial charge in [-0.2, -0.15) is 0 Å². The lowest BCUT2D eigenvalue weighted by Gasteiger charge is -2.38. The fourth-order valence-corrected chi connectivity index (χ4v) is 3.09. The van der Waals surface area contributed by atoms with Crippen molar-refractivity contribution in [2.75, 3.05) is 26.7 Å². The molecule has 106 valence electrons. The third-order valence-corrected chi connectivity index (χ3v) is 4.25. The fourth-order valence-electron chi connectivity index (χ4n) is 3.09. The normalized spacial score (nSPS) is 20.6. The fraction of sp³-hybridized carbons (Fsp3) is 0.438. The second-order valence-corrected chi connectivity index (χ2v) is 5.77. The number of fused-ring (bicyclic) bond motifs is 1.